The van der Waals surface area contributed by atoms with E-state index in [-0.39, 0.29) is 5.92 Å². The monoisotopic (exact) mass is 348 g/mol. The summed E-state index contributed by atoms with van der Waals surface area (Å²) >= 11 is 0. The summed E-state index contributed by atoms with van der Waals surface area (Å²) in [4.78, 5) is 6.83. The van der Waals surface area contributed by atoms with Crippen molar-refractivity contribution >= 4 is 10.9 Å². The van der Waals surface area contributed by atoms with Crippen LogP contribution in [0.15, 0.2) is 60.8 Å². The third kappa shape index (κ3) is 3.57. The van der Waals surface area contributed by atoms with Gasteiger partial charge in [-0.3, -0.25) is 9.88 Å². The van der Waals surface area contributed by atoms with Gasteiger partial charge in [-0.15, -0.1) is 0 Å². The Balaban J connectivity index is 1.67. The van der Waals surface area contributed by atoms with Crippen molar-refractivity contribution in [2.75, 3.05) is 32.8 Å². The molecule has 1 fully saturated rings. The zero-order valence-corrected chi connectivity index (χ0v) is 14.8. The van der Waals surface area contributed by atoms with Crippen LogP contribution >= 0.6 is 0 Å². The molecule has 26 heavy (non-hydrogen) atoms. The van der Waals surface area contributed by atoms with E-state index in [0.29, 0.717) is 11.3 Å². The van der Waals surface area contributed by atoms with Crippen LogP contribution in [-0.2, 0) is 4.74 Å². The maximum Gasteiger partial charge on any atom is 0.145 e. The third-order valence-electron chi connectivity index (χ3n) is 5.19. The Hall–Kier alpha value is -2.43. The lowest BCUT2D eigenvalue weighted by Gasteiger charge is -2.29. The number of phenolic OH excluding ortho intramolecular Hbond substituents is 1. The summed E-state index contributed by atoms with van der Waals surface area (Å²) in [6.07, 6.45) is 2.69. The van der Waals surface area contributed by atoms with E-state index in [2.05, 4.69) is 46.3 Å². The molecule has 1 saturated heterocycles. The van der Waals surface area contributed by atoms with E-state index in [1.54, 1.807) is 6.20 Å². The fourth-order valence-corrected chi connectivity index (χ4v) is 3.75. The summed E-state index contributed by atoms with van der Waals surface area (Å²) in [5.41, 5.74) is 2.86. The van der Waals surface area contributed by atoms with E-state index in [1.165, 1.54) is 5.56 Å². The van der Waals surface area contributed by atoms with Crippen LogP contribution in [0.1, 0.15) is 23.5 Å². The average molecular weight is 348 g/mol. The summed E-state index contributed by atoms with van der Waals surface area (Å²) in [5, 5.41) is 11.9. The molecule has 0 amide bonds. The fraction of sp³-hybridized carbons (Fsp3) is 0.318. The maximum atomic E-state index is 10.9. The van der Waals surface area contributed by atoms with Gasteiger partial charge in [-0.25, -0.2) is 0 Å². The van der Waals surface area contributed by atoms with Gasteiger partial charge in [0.2, 0.25) is 0 Å². The van der Waals surface area contributed by atoms with Crippen LogP contribution in [0.2, 0.25) is 0 Å². The van der Waals surface area contributed by atoms with Gasteiger partial charge in [0.15, 0.2) is 0 Å². The zero-order valence-electron chi connectivity index (χ0n) is 14.8. The first-order chi connectivity index (χ1) is 12.8. The molecule has 0 spiro atoms. The number of pyridine rings is 1. The van der Waals surface area contributed by atoms with E-state index < -0.39 is 0 Å². The normalized spacial score (nSPS) is 16.6. The second-order valence-electron chi connectivity index (χ2n) is 6.78. The highest BCUT2D eigenvalue weighted by molar-refractivity contribution is 5.85. The molecule has 0 bridgehead atoms. The smallest absolute Gasteiger partial charge is 0.145 e. The molecule has 1 aliphatic heterocycles. The van der Waals surface area contributed by atoms with Gasteiger partial charge in [0, 0.05) is 36.2 Å². The van der Waals surface area contributed by atoms with Crippen LogP contribution in [0.5, 0.6) is 5.75 Å². The van der Waals surface area contributed by atoms with E-state index in [0.717, 1.165) is 50.2 Å². The minimum absolute atomic E-state index is 0.144. The molecule has 134 valence electrons. The van der Waals surface area contributed by atoms with E-state index >= 15 is 0 Å². The van der Waals surface area contributed by atoms with Crippen LogP contribution in [0.4, 0.5) is 0 Å². The minimum atomic E-state index is 0.144. The van der Waals surface area contributed by atoms with Crippen LogP contribution in [0, 0.1) is 0 Å². The molecule has 1 atom stereocenters. The van der Waals surface area contributed by atoms with E-state index in [9.17, 15) is 5.11 Å². The SMILES string of the molecule is Oc1c(C(CCN2CCOCC2)c2ccccc2)ccc2cccnc12. The van der Waals surface area contributed by atoms with Gasteiger partial charge in [-0.1, -0.05) is 48.5 Å². The van der Waals surface area contributed by atoms with Crippen molar-refractivity contribution in [3.05, 3.63) is 71.9 Å². The van der Waals surface area contributed by atoms with E-state index in [1.807, 2.05) is 18.2 Å². The number of hydrogen-bond acceptors (Lipinski definition) is 4. The number of hydrogen-bond donors (Lipinski definition) is 1. The Morgan fingerprint density at radius 3 is 2.62 bits per heavy atom. The lowest BCUT2D eigenvalue weighted by Crippen LogP contribution is -2.37. The predicted octanol–water partition coefficient (Wildman–Crippen LogP) is 3.79. The number of ether oxygens (including phenoxy) is 1. The Morgan fingerprint density at radius 2 is 1.81 bits per heavy atom. The lowest BCUT2D eigenvalue weighted by atomic mass is 9.87. The molecular weight excluding hydrogens is 324 g/mol. The number of aromatic nitrogens is 1. The van der Waals surface area contributed by atoms with Gasteiger partial charge in [-0.05, 0) is 24.6 Å². The molecule has 1 unspecified atom stereocenters. The topological polar surface area (TPSA) is 45.6 Å². The Bertz CT molecular complexity index is 860. The van der Waals surface area contributed by atoms with Crippen molar-refractivity contribution in [3.63, 3.8) is 0 Å². The standard InChI is InChI=1S/C22H24N2O2/c25-22-20(9-8-18-7-4-11-23-21(18)22)19(17-5-2-1-3-6-17)10-12-24-13-15-26-16-14-24/h1-9,11,19,25H,10,12-16H2. The van der Waals surface area contributed by atoms with Gasteiger partial charge in [0.25, 0.3) is 0 Å². The summed E-state index contributed by atoms with van der Waals surface area (Å²) in [5.74, 6) is 0.449. The Kier molecular flexibility index (Phi) is 5.14. The summed E-state index contributed by atoms with van der Waals surface area (Å²) in [6.45, 7) is 4.56. The molecule has 1 N–H and O–H groups in total. The van der Waals surface area contributed by atoms with Crippen molar-refractivity contribution in [3.8, 4) is 5.75 Å². The quantitative estimate of drug-likeness (QED) is 0.762. The van der Waals surface area contributed by atoms with Crippen LogP contribution < -0.4 is 0 Å². The van der Waals surface area contributed by atoms with Crippen molar-refractivity contribution < 1.29 is 9.84 Å². The minimum Gasteiger partial charge on any atom is -0.505 e. The molecular formula is C22H24N2O2. The van der Waals surface area contributed by atoms with Gasteiger partial charge >= 0.3 is 0 Å². The second-order valence-corrected chi connectivity index (χ2v) is 6.78. The molecule has 2 heterocycles. The van der Waals surface area contributed by atoms with Crippen molar-refractivity contribution in [1.82, 2.24) is 9.88 Å². The number of rotatable bonds is 5. The summed E-state index contributed by atoms with van der Waals surface area (Å²) in [6, 6.07) is 18.4. The third-order valence-corrected chi connectivity index (χ3v) is 5.19. The average Bonchev–Trinajstić information content (AvgIpc) is 2.71. The zero-order chi connectivity index (χ0) is 17.8. The number of nitrogens with zero attached hydrogens (tertiary/aromatic N) is 2. The number of phenols is 1. The highest BCUT2D eigenvalue weighted by Crippen LogP contribution is 2.37. The van der Waals surface area contributed by atoms with Gasteiger partial charge in [0.05, 0.1) is 13.2 Å². The van der Waals surface area contributed by atoms with Crippen molar-refractivity contribution in [2.24, 2.45) is 0 Å². The highest BCUT2D eigenvalue weighted by atomic mass is 16.5. The first-order valence-corrected chi connectivity index (χ1v) is 9.24. The highest BCUT2D eigenvalue weighted by Gasteiger charge is 2.21. The molecule has 4 rings (SSSR count). The predicted molar refractivity (Wildman–Crippen MR) is 104 cm³/mol. The Morgan fingerprint density at radius 1 is 1.00 bits per heavy atom. The van der Waals surface area contributed by atoms with Gasteiger partial charge in [-0.2, -0.15) is 0 Å². The van der Waals surface area contributed by atoms with E-state index in [4.69, 9.17) is 4.74 Å². The molecule has 1 aromatic heterocycles. The molecule has 1 aliphatic rings. The molecule has 0 saturated carbocycles. The fourth-order valence-electron chi connectivity index (χ4n) is 3.75. The molecule has 2 aromatic carbocycles. The number of benzene rings is 2. The van der Waals surface area contributed by atoms with Crippen molar-refractivity contribution in [1.29, 1.82) is 0 Å². The van der Waals surface area contributed by atoms with Crippen molar-refractivity contribution in [2.45, 2.75) is 12.3 Å². The lowest BCUT2D eigenvalue weighted by molar-refractivity contribution is 0.0369. The summed E-state index contributed by atoms with van der Waals surface area (Å²) < 4.78 is 5.45. The van der Waals surface area contributed by atoms with Crippen LogP contribution in [-0.4, -0.2) is 47.8 Å². The number of aromatic hydroxyl groups is 1. The number of morpholine rings is 1. The van der Waals surface area contributed by atoms with Crippen LogP contribution in [0.25, 0.3) is 10.9 Å². The Labute approximate surface area is 154 Å². The van der Waals surface area contributed by atoms with Gasteiger partial charge < -0.3 is 9.84 Å². The molecule has 0 aliphatic carbocycles. The molecule has 0 radical (unpaired) electrons. The first-order valence-electron chi connectivity index (χ1n) is 9.24. The largest absolute Gasteiger partial charge is 0.505 e. The van der Waals surface area contributed by atoms with Crippen LogP contribution in [0.3, 0.4) is 0 Å². The first kappa shape index (κ1) is 17.0. The summed E-state index contributed by atoms with van der Waals surface area (Å²) in [7, 11) is 0. The van der Waals surface area contributed by atoms with Gasteiger partial charge in [0.1, 0.15) is 11.3 Å². The molecule has 4 heteroatoms. The second kappa shape index (κ2) is 7.85. The maximum absolute atomic E-state index is 10.9. The molecule has 4 nitrogen and oxygen atoms in total. The number of fused-ring (bicyclic) bond motifs is 1. The molecule has 3 aromatic rings.